The molecule has 0 aromatic carbocycles. The fourth-order valence-electron chi connectivity index (χ4n) is 0.528. The fourth-order valence-corrected chi connectivity index (χ4v) is 1.58. The van der Waals surface area contributed by atoms with Crippen molar-refractivity contribution in [1.82, 2.24) is 4.98 Å². The van der Waals surface area contributed by atoms with Gasteiger partial charge in [0.15, 0.2) is 0 Å². The van der Waals surface area contributed by atoms with Gasteiger partial charge >= 0.3 is 18.9 Å². The molecular formula is C5H14LiNOSi. The van der Waals surface area contributed by atoms with Crippen molar-refractivity contribution in [2.45, 2.75) is 26.6 Å². The summed E-state index contributed by atoms with van der Waals surface area (Å²) in [6.07, 6.45) is 0. The summed E-state index contributed by atoms with van der Waals surface area (Å²) < 4.78 is 0. The Morgan fingerprint density at radius 2 is 1.67 bits per heavy atom. The van der Waals surface area contributed by atoms with Crippen molar-refractivity contribution >= 4 is 33.0 Å². The molecular weight excluding hydrogens is 125 g/mol. The van der Waals surface area contributed by atoms with Gasteiger partial charge in [0.25, 0.3) is 0 Å². The number of carbonyl (C=O) groups is 1. The molecule has 0 saturated heterocycles. The Morgan fingerprint density at radius 3 is 1.67 bits per heavy atom. The topological polar surface area (TPSA) is 29.1 Å². The Labute approximate surface area is 69.7 Å². The Hall–Kier alpha value is 0.284. The normalized spacial score (nSPS) is 9.78. The third-order valence-electron chi connectivity index (χ3n) is 0.551. The summed E-state index contributed by atoms with van der Waals surface area (Å²) in [6.45, 7) is 7.83. The van der Waals surface area contributed by atoms with E-state index in [1.54, 1.807) is 6.92 Å². The van der Waals surface area contributed by atoms with E-state index in [-0.39, 0.29) is 24.8 Å². The number of nitrogens with one attached hydrogen (secondary N) is 1. The van der Waals surface area contributed by atoms with E-state index in [2.05, 4.69) is 24.6 Å². The van der Waals surface area contributed by atoms with Crippen LogP contribution in [-0.2, 0) is 4.79 Å². The number of amides is 1. The van der Waals surface area contributed by atoms with E-state index in [1.165, 1.54) is 0 Å². The molecule has 0 fully saturated rings. The van der Waals surface area contributed by atoms with E-state index < -0.39 is 8.24 Å². The van der Waals surface area contributed by atoms with Crippen molar-refractivity contribution < 1.29 is 4.79 Å². The molecule has 0 aromatic heterocycles. The molecule has 0 rings (SSSR count). The van der Waals surface area contributed by atoms with Gasteiger partial charge in [-0.2, -0.15) is 0 Å². The third-order valence-corrected chi connectivity index (χ3v) is 1.65. The Morgan fingerprint density at radius 1 is 1.33 bits per heavy atom. The number of hydrogen-bond donors (Lipinski definition) is 1. The van der Waals surface area contributed by atoms with Gasteiger partial charge in [0.05, 0.1) is 0 Å². The van der Waals surface area contributed by atoms with Gasteiger partial charge in [0, 0.05) is 6.92 Å². The van der Waals surface area contributed by atoms with Gasteiger partial charge in [0.2, 0.25) is 5.91 Å². The molecule has 0 saturated carbocycles. The minimum atomic E-state index is -1.32. The molecule has 0 aliphatic heterocycles. The molecule has 0 radical (unpaired) electrons. The van der Waals surface area contributed by atoms with Crippen LogP contribution in [0.1, 0.15) is 6.92 Å². The fraction of sp³-hybridized carbons (Fsp3) is 0.800. The molecule has 0 aliphatic carbocycles. The molecule has 0 heterocycles. The summed E-state index contributed by atoms with van der Waals surface area (Å²) in [5, 5.41) is 0. The zero-order valence-electron chi connectivity index (χ0n) is 5.91. The maximum atomic E-state index is 10.4. The molecule has 0 bridgehead atoms. The predicted molar refractivity (Wildman–Crippen MR) is 44.3 cm³/mol. The number of hydrogen-bond acceptors (Lipinski definition) is 1. The molecule has 4 heteroatoms. The van der Waals surface area contributed by atoms with E-state index in [0.29, 0.717) is 0 Å². The molecule has 2 nitrogen and oxygen atoms in total. The van der Waals surface area contributed by atoms with E-state index in [4.69, 9.17) is 0 Å². The summed E-state index contributed by atoms with van der Waals surface area (Å²) in [6, 6.07) is 0. The summed E-state index contributed by atoms with van der Waals surface area (Å²) in [7, 11) is -1.32. The maximum absolute atomic E-state index is 10.4. The van der Waals surface area contributed by atoms with Crippen molar-refractivity contribution in [1.29, 1.82) is 0 Å². The predicted octanol–water partition coefficient (Wildman–Crippen LogP) is 0.309. The van der Waals surface area contributed by atoms with E-state index in [9.17, 15) is 4.79 Å². The van der Waals surface area contributed by atoms with Crippen molar-refractivity contribution in [3.63, 3.8) is 0 Å². The van der Waals surface area contributed by atoms with Gasteiger partial charge in [-0.1, -0.05) is 19.6 Å². The molecule has 0 unspecified atom stereocenters. The SMILES string of the molecule is CC(=O)N[Si](C)(C)C.[LiH]. The van der Waals surface area contributed by atoms with Crippen LogP contribution in [0.25, 0.3) is 0 Å². The molecule has 0 atom stereocenters. The van der Waals surface area contributed by atoms with Gasteiger partial charge in [-0.05, 0) is 0 Å². The van der Waals surface area contributed by atoms with Crippen LogP contribution in [0.2, 0.25) is 19.6 Å². The van der Waals surface area contributed by atoms with Crippen LogP contribution in [0.15, 0.2) is 0 Å². The van der Waals surface area contributed by atoms with E-state index >= 15 is 0 Å². The molecule has 0 aliphatic rings. The van der Waals surface area contributed by atoms with Gasteiger partial charge in [0.1, 0.15) is 8.24 Å². The van der Waals surface area contributed by atoms with Crippen LogP contribution in [0.3, 0.4) is 0 Å². The van der Waals surface area contributed by atoms with Crippen molar-refractivity contribution in [3.8, 4) is 0 Å². The molecule has 0 aromatic rings. The van der Waals surface area contributed by atoms with Crippen LogP contribution >= 0.6 is 0 Å². The average Bonchev–Trinajstić information content (AvgIpc) is 1.21. The van der Waals surface area contributed by atoms with E-state index in [0.717, 1.165) is 0 Å². The second-order valence-electron chi connectivity index (χ2n) is 2.93. The monoisotopic (exact) mass is 139 g/mol. The summed E-state index contributed by atoms with van der Waals surface area (Å²) in [5.41, 5.74) is 0. The first-order valence-electron chi connectivity index (χ1n) is 2.70. The van der Waals surface area contributed by atoms with Crippen LogP contribution in [-0.4, -0.2) is 33.0 Å². The van der Waals surface area contributed by atoms with Crippen LogP contribution < -0.4 is 4.98 Å². The van der Waals surface area contributed by atoms with Crippen LogP contribution in [0, 0.1) is 0 Å². The first kappa shape index (κ1) is 12.0. The second-order valence-corrected chi connectivity index (χ2v) is 7.68. The Balaban J connectivity index is 0. The average molecular weight is 139 g/mol. The van der Waals surface area contributed by atoms with Gasteiger partial charge < -0.3 is 4.98 Å². The zero-order chi connectivity index (χ0) is 6.78. The molecule has 50 valence electrons. The van der Waals surface area contributed by atoms with Crippen LogP contribution in [0.5, 0.6) is 0 Å². The number of rotatable bonds is 1. The third kappa shape index (κ3) is 11.7. The van der Waals surface area contributed by atoms with Crippen LogP contribution in [0.4, 0.5) is 0 Å². The molecule has 1 amide bonds. The number of carbonyl (C=O) groups excluding carboxylic acids is 1. The zero-order valence-corrected chi connectivity index (χ0v) is 6.91. The van der Waals surface area contributed by atoms with Crippen molar-refractivity contribution in [2.75, 3.05) is 0 Å². The summed E-state index contributed by atoms with van der Waals surface area (Å²) >= 11 is 0. The second kappa shape index (κ2) is 4.16. The first-order chi connectivity index (χ1) is 3.42. The quantitative estimate of drug-likeness (QED) is 0.520. The Kier molecular flexibility index (Phi) is 5.55. The minimum absolute atomic E-state index is 0. The summed E-state index contributed by atoms with van der Waals surface area (Å²) in [5.74, 6) is 0.0872. The molecule has 0 spiro atoms. The van der Waals surface area contributed by atoms with E-state index in [1.807, 2.05) is 0 Å². The molecule has 9 heavy (non-hydrogen) atoms. The van der Waals surface area contributed by atoms with Crippen molar-refractivity contribution in [2.24, 2.45) is 0 Å². The van der Waals surface area contributed by atoms with Gasteiger partial charge in [-0.3, -0.25) is 4.79 Å². The standard InChI is InChI=1S/C5H13NOSi.Li.H/c1-5(7)6-8(2,3)4;;/h1-4H3,(H,6,7);;. The van der Waals surface area contributed by atoms with Crippen molar-refractivity contribution in [3.05, 3.63) is 0 Å². The summed E-state index contributed by atoms with van der Waals surface area (Å²) in [4.78, 5) is 13.3. The molecule has 1 N–H and O–H groups in total. The first-order valence-corrected chi connectivity index (χ1v) is 6.20. The van der Waals surface area contributed by atoms with Gasteiger partial charge in [-0.15, -0.1) is 0 Å². The van der Waals surface area contributed by atoms with Gasteiger partial charge in [-0.25, -0.2) is 0 Å². The Bertz CT molecular complexity index is 99.6.